The minimum Gasteiger partial charge on any atom is -0.286 e. The van der Waals surface area contributed by atoms with Crippen molar-refractivity contribution in [2.24, 2.45) is 4.99 Å². The lowest BCUT2D eigenvalue weighted by Crippen LogP contribution is -1.81. The van der Waals surface area contributed by atoms with Gasteiger partial charge in [-0.2, -0.15) is 0 Å². The van der Waals surface area contributed by atoms with E-state index >= 15 is 0 Å². The molecule has 3 heterocycles. The summed E-state index contributed by atoms with van der Waals surface area (Å²) in [5.74, 6) is 0. The lowest BCUT2D eigenvalue weighted by atomic mass is 10.1. The zero-order valence-corrected chi connectivity index (χ0v) is 12.7. The Hall–Kier alpha value is -0.970. The van der Waals surface area contributed by atoms with Crippen molar-refractivity contribution in [3.63, 3.8) is 0 Å². The number of hydrogen-bond acceptors (Lipinski definition) is 4. The second kappa shape index (κ2) is 4.96. The fourth-order valence-corrected chi connectivity index (χ4v) is 5.06. The van der Waals surface area contributed by atoms with Crippen LogP contribution in [0.2, 0.25) is 0 Å². The molecule has 0 radical (unpaired) electrons. The van der Waals surface area contributed by atoms with Crippen molar-refractivity contribution in [3.05, 3.63) is 43.8 Å². The van der Waals surface area contributed by atoms with Gasteiger partial charge in [0.1, 0.15) is 0 Å². The maximum Gasteiger partial charge on any atom is 0.0877 e. The summed E-state index contributed by atoms with van der Waals surface area (Å²) in [5, 5.41) is 5.77. The Balaban J connectivity index is 1.86. The highest BCUT2D eigenvalue weighted by molar-refractivity contribution is 7.38. The van der Waals surface area contributed by atoms with Crippen molar-refractivity contribution in [3.8, 4) is 0 Å². The summed E-state index contributed by atoms with van der Waals surface area (Å²) < 4.78 is 1.42. The van der Waals surface area contributed by atoms with Gasteiger partial charge in [-0.1, -0.05) is 6.07 Å². The number of aryl methyl sites for hydroxylation is 2. The van der Waals surface area contributed by atoms with Gasteiger partial charge in [-0.15, -0.1) is 34.0 Å². The Morgan fingerprint density at radius 2 is 2.17 bits per heavy atom. The molecule has 0 saturated carbocycles. The molecule has 0 saturated heterocycles. The van der Waals surface area contributed by atoms with Crippen molar-refractivity contribution in [1.29, 1.82) is 0 Å². The third kappa shape index (κ3) is 2.16. The van der Waals surface area contributed by atoms with Gasteiger partial charge >= 0.3 is 0 Å². The quantitative estimate of drug-likeness (QED) is 0.584. The predicted octanol–water partition coefficient (Wildman–Crippen LogP) is 5.26. The molecular weight excluding hydrogens is 278 g/mol. The van der Waals surface area contributed by atoms with Gasteiger partial charge in [0.2, 0.25) is 0 Å². The Labute approximate surface area is 118 Å². The summed E-state index contributed by atoms with van der Waals surface area (Å²) in [6, 6.07) is 4.21. The molecule has 3 rings (SSSR count). The van der Waals surface area contributed by atoms with E-state index in [1.54, 1.807) is 11.3 Å². The third-order valence-corrected chi connectivity index (χ3v) is 6.23. The number of nitrogens with zero attached hydrogens (tertiary/aromatic N) is 1. The van der Waals surface area contributed by atoms with Gasteiger partial charge in [0.25, 0.3) is 0 Å². The Morgan fingerprint density at radius 1 is 1.28 bits per heavy atom. The number of fused-ring (bicyclic) bond motifs is 1. The van der Waals surface area contributed by atoms with E-state index in [1.165, 1.54) is 30.3 Å². The van der Waals surface area contributed by atoms with Gasteiger partial charge in [0.15, 0.2) is 0 Å². The lowest BCUT2D eigenvalue weighted by molar-refractivity contribution is 1.11. The van der Waals surface area contributed by atoms with Crippen molar-refractivity contribution in [1.82, 2.24) is 0 Å². The fraction of sp³-hybridized carbons (Fsp3) is 0.214. The van der Waals surface area contributed by atoms with E-state index in [1.807, 2.05) is 28.9 Å². The maximum absolute atomic E-state index is 4.55. The molecule has 0 amide bonds. The Bertz CT molecular complexity index is 686. The molecule has 18 heavy (non-hydrogen) atoms. The van der Waals surface area contributed by atoms with E-state index in [4.69, 9.17) is 0 Å². The average Bonchev–Trinajstić information content (AvgIpc) is 3.03. The van der Waals surface area contributed by atoms with Crippen LogP contribution < -0.4 is 0 Å². The van der Waals surface area contributed by atoms with Crippen LogP contribution in [0.25, 0.3) is 9.40 Å². The molecule has 0 fully saturated rings. The first-order chi connectivity index (χ1) is 8.75. The van der Waals surface area contributed by atoms with Gasteiger partial charge in [0.05, 0.1) is 10.6 Å². The first kappa shape index (κ1) is 12.1. The molecule has 0 spiro atoms. The molecule has 0 bridgehead atoms. The van der Waals surface area contributed by atoms with Gasteiger partial charge in [0, 0.05) is 21.4 Å². The molecule has 0 N–H and O–H groups in total. The minimum atomic E-state index is 0.793. The average molecular weight is 291 g/mol. The van der Waals surface area contributed by atoms with Crippen LogP contribution in [0.4, 0.5) is 0 Å². The molecule has 0 unspecified atom stereocenters. The molecule has 0 atom stereocenters. The summed E-state index contributed by atoms with van der Waals surface area (Å²) in [4.78, 5) is 7.17. The molecule has 3 aromatic heterocycles. The number of rotatable bonds is 3. The van der Waals surface area contributed by atoms with Crippen molar-refractivity contribution >= 4 is 49.6 Å². The largest absolute Gasteiger partial charge is 0.286 e. The summed E-state index contributed by atoms with van der Waals surface area (Å²) in [7, 11) is 0. The zero-order valence-electron chi connectivity index (χ0n) is 10.3. The number of hydrogen-bond donors (Lipinski definition) is 0. The van der Waals surface area contributed by atoms with Crippen molar-refractivity contribution in [2.45, 2.75) is 20.4 Å². The zero-order chi connectivity index (χ0) is 12.5. The molecule has 3 aromatic rings. The highest BCUT2D eigenvalue weighted by atomic mass is 32.2. The second-order valence-corrected chi connectivity index (χ2v) is 7.44. The molecule has 0 aliphatic rings. The van der Waals surface area contributed by atoms with Crippen LogP contribution in [0, 0.1) is 13.8 Å². The van der Waals surface area contributed by atoms with Gasteiger partial charge in [-0.25, -0.2) is 0 Å². The smallest absolute Gasteiger partial charge is 0.0877 e. The van der Waals surface area contributed by atoms with E-state index in [0.717, 1.165) is 6.54 Å². The van der Waals surface area contributed by atoms with Crippen molar-refractivity contribution in [2.75, 3.05) is 0 Å². The van der Waals surface area contributed by atoms with E-state index in [2.05, 4.69) is 41.7 Å². The fourth-order valence-electron chi connectivity index (χ4n) is 1.99. The maximum atomic E-state index is 4.55. The number of thiophene rings is 3. The predicted molar refractivity (Wildman–Crippen MR) is 84.8 cm³/mol. The standard InChI is InChI=1S/C14H13NS3/c1-9-8-17-14-13(9)10(2)12(18-14)7-15-6-11-4-3-5-16-11/h3-5,7-8H,6H2,1-2H3. The monoisotopic (exact) mass is 291 g/mol. The molecule has 0 aliphatic carbocycles. The summed E-state index contributed by atoms with van der Waals surface area (Å²) in [6.45, 7) is 5.18. The Kier molecular flexibility index (Phi) is 3.33. The normalized spacial score (nSPS) is 11.9. The Morgan fingerprint density at radius 3 is 2.89 bits per heavy atom. The minimum absolute atomic E-state index is 0.793. The van der Waals surface area contributed by atoms with Crippen LogP contribution in [-0.4, -0.2) is 6.21 Å². The van der Waals surface area contributed by atoms with E-state index in [0.29, 0.717) is 0 Å². The molecular formula is C14H13NS3. The molecule has 0 aliphatic heterocycles. The lowest BCUT2D eigenvalue weighted by Gasteiger charge is -1.92. The summed E-state index contributed by atoms with van der Waals surface area (Å²) in [6.07, 6.45) is 2.03. The summed E-state index contributed by atoms with van der Waals surface area (Å²) >= 11 is 5.46. The SMILES string of the molecule is Cc1csc2sc(C=NCc3cccs3)c(C)c12. The van der Waals surface area contributed by atoms with Crippen LogP contribution in [-0.2, 0) is 6.54 Å². The summed E-state index contributed by atoms with van der Waals surface area (Å²) in [5.41, 5.74) is 2.77. The third-order valence-electron chi connectivity index (χ3n) is 2.92. The molecule has 4 heteroatoms. The van der Waals surface area contributed by atoms with Crippen LogP contribution in [0.3, 0.4) is 0 Å². The molecule has 0 aromatic carbocycles. The van der Waals surface area contributed by atoms with E-state index in [-0.39, 0.29) is 0 Å². The topological polar surface area (TPSA) is 12.4 Å². The van der Waals surface area contributed by atoms with Gasteiger partial charge < -0.3 is 0 Å². The van der Waals surface area contributed by atoms with Crippen LogP contribution in [0.5, 0.6) is 0 Å². The highest BCUT2D eigenvalue weighted by Gasteiger charge is 2.10. The van der Waals surface area contributed by atoms with Crippen molar-refractivity contribution < 1.29 is 0 Å². The molecule has 1 nitrogen and oxygen atoms in total. The van der Waals surface area contributed by atoms with E-state index in [9.17, 15) is 0 Å². The first-order valence-corrected chi connectivity index (χ1v) is 8.32. The van der Waals surface area contributed by atoms with Gasteiger partial charge in [-0.05, 0) is 41.8 Å². The highest BCUT2D eigenvalue weighted by Crippen LogP contribution is 2.36. The number of aliphatic imine (C=N–C) groups is 1. The molecule has 92 valence electrons. The van der Waals surface area contributed by atoms with Crippen LogP contribution in [0.1, 0.15) is 20.9 Å². The second-order valence-electron chi connectivity index (χ2n) is 4.22. The van der Waals surface area contributed by atoms with Crippen LogP contribution in [0.15, 0.2) is 27.9 Å². The van der Waals surface area contributed by atoms with Gasteiger partial charge in [-0.3, -0.25) is 4.99 Å². The van der Waals surface area contributed by atoms with Crippen LogP contribution >= 0.6 is 34.0 Å². The van der Waals surface area contributed by atoms with E-state index < -0.39 is 0 Å². The first-order valence-electron chi connectivity index (χ1n) is 5.75.